The molecule has 812 valence electrons. The first-order valence-electron chi connectivity index (χ1n) is 47.9. The summed E-state index contributed by atoms with van der Waals surface area (Å²) in [5.74, 6) is -28.6. The number of nitrogens with two attached hydrogens (primary N) is 2. The third kappa shape index (κ3) is 40.2. The normalized spacial score (nSPS) is 16.7. The van der Waals surface area contributed by atoms with Crippen molar-refractivity contribution in [2.24, 2.45) is 11.5 Å². The van der Waals surface area contributed by atoms with Gasteiger partial charge >= 0.3 is 35.8 Å². The number of amides is 18. The van der Waals surface area contributed by atoms with E-state index in [1.807, 2.05) is 0 Å². The minimum atomic E-state index is -2.14. The highest BCUT2D eigenvalue weighted by atomic mass is 32.2. The van der Waals surface area contributed by atoms with Gasteiger partial charge in [0.05, 0.1) is 13.0 Å². The van der Waals surface area contributed by atoms with E-state index in [-0.39, 0.29) is 125 Å². The fraction of sp³-hybridized carbons (Fsp3) is 0.521. The second-order valence-corrected chi connectivity index (χ2v) is 37.6. The second-order valence-electron chi connectivity index (χ2n) is 35.6. The third-order valence-electron chi connectivity index (χ3n) is 24.3. The van der Waals surface area contributed by atoms with Gasteiger partial charge in [-0.05, 0) is 156 Å². The molecule has 4 heterocycles. The first-order valence-corrected chi connectivity index (χ1v) is 50.7. The van der Waals surface area contributed by atoms with Crippen molar-refractivity contribution < 1.29 is 151 Å². The molecular weight excluding hydrogens is 2000 g/mol. The third-order valence-corrected chi connectivity index (χ3v) is 25.6. The maximum absolute atomic E-state index is 14.7. The van der Waals surface area contributed by atoms with Crippen LogP contribution in [0.3, 0.4) is 0 Å². The Morgan fingerprint density at radius 3 is 1.32 bits per heavy atom. The maximum Gasteiger partial charge on any atom is 0.305 e. The largest absolute Gasteiger partial charge is 0.508 e. The molecule has 0 radical (unpaired) electrons. The number of aromatic amines is 1. The standard InChI is InChI=1S/C94H128N22O31S2/c1-48(79(133)113-65(43-50-19-21-52(117)22-20-50)80(134)100-47-71(119)103-66(44-51-46-99-54-15-8-7-14-53(51)54)89(143)109-61(35-40-148-2)88(142)114-67(45-77(130)131)90(144)112-64(78(95)132)42-49-12-5-4-6-13-49)101-81(135)56(24-30-72(120)121)104-83(137)57(25-31-73(122)123)105-84(138)58(26-32-74(124)125)106-85(139)59(27-33-75(126)127)107-86(140)60(28-34-76(128)129)108-87(141)62(36-41-149-3)110-91(145)68-17-10-38-115(68)93(147)69-18-11-39-116(69)92(146)63(16-9-37-98-94(96)97)111-82(136)55-23-29-70(118)102-55/h4-8,12-15,19-22,46,48,55-69,99,117H,9-11,16-18,23-45,47H2,1-3H3,(H2,95,132)(H,100,134)(H,101,135)(H,102,118)(H,103,119)(H,104,137)(H,105,138)(H,106,139)(H,107,140)(H,108,141)(H,109,143)(H,110,145)(H,111,136)(H,112,144)(H,113,133)(H,114,142)(H,120,121)(H,122,123)(H,124,125)(H,126,127)(H,128,129)(H,130,131)(H4,96,97,98). The van der Waals surface area contributed by atoms with Gasteiger partial charge in [0, 0.05) is 94.5 Å². The van der Waals surface area contributed by atoms with E-state index < -0.39 is 317 Å². The summed E-state index contributed by atoms with van der Waals surface area (Å²) in [6.45, 7) is 0.316. The van der Waals surface area contributed by atoms with Crippen LogP contribution < -0.4 is 96.5 Å². The number of aromatic nitrogens is 1. The number of hydrogen-bond acceptors (Lipinski definition) is 28. The molecule has 0 aliphatic carbocycles. The molecular formula is C94H128N22O31S2. The number of guanidine groups is 1. The maximum atomic E-state index is 14.7. The number of carboxylic acid groups (broad SMARTS) is 6. The number of fused-ring (bicyclic) bond motifs is 1. The molecule has 0 spiro atoms. The van der Waals surface area contributed by atoms with E-state index in [1.165, 1.54) is 57.6 Å². The van der Waals surface area contributed by atoms with Gasteiger partial charge in [0.15, 0.2) is 5.96 Å². The average molecular weight is 2130 g/mol. The molecule has 29 N–H and O–H groups in total. The van der Waals surface area contributed by atoms with Gasteiger partial charge in [-0.2, -0.15) is 23.5 Å². The Balaban J connectivity index is 1.04. The second kappa shape index (κ2) is 60.4. The first-order chi connectivity index (χ1) is 70.7. The molecule has 3 saturated heterocycles. The van der Waals surface area contributed by atoms with Crippen molar-refractivity contribution in [2.75, 3.05) is 50.2 Å². The van der Waals surface area contributed by atoms with Crippen molar-refractivity contribution in [3.8, 4) is 5.75 Å². The number of benzene rings is 3. The predicted molar refractivity (Wildman–Crippen MR) is 529 cm³/mol. The number of rotatable bonds is 64. The molecule has 0 bridgehead atoms. The molecule has 55 heteroatoms. The predicted octanol–water partition coefficient (Wildman–Crippen LogP) is -5.35. The Morgan fingerprint density at radius 1 is 0.423 bits per heavy atom. The summed E-state index contributed by atoms with van der Waals surface area (Å²) in [4.78, 5) is 333. The Kier molecular flexibility index (Phi) is 48.7. The van der Waals surface area contributed by atoms with Crippen LogP contribution in [0.25, 0.3) is 10.9 Å². The van der Waals surface area contributed by atoms with Crippen molar-refractivity contribution in [1.29, 1.82) is 5.41 Å². The van der Waals surface area contributed by atoms with Gasteiger partial charge in [-0.3, -0.25) is 120 Å². The lowest BCUT2D eigenvalue weighted by atomic mass is 10.0. The number of likely N-dealkylation sites (tertiary alicyclic amines) is 2. The molecule has 16 unspecified atom stereocenters. The number of H-pyrrole nitrogens is 1. The zero-order chi connectivity index (χ0) is 110. The summed E-state index contributed by atoms with van der Waals surface area (Å²) in [5, 5.41) is 116. The lowest BCUT2D eigenvalue weighted by molar-refractivity contribution is -0.148. The highest BCUT2D eigenvalue weighted by Crippen LogP contribution is 2.28. The van der Waals surface area contributed by atoms with Crippen molar-refractivity contribution >= 4 is 183 Å². The van der Waals surface area contributed by atoms with Gasteiger partial charge in [-0.1, -0.05) is 60.7 Å². The van der Waals surface area contributed by atoms with Crippen molar-refractivity contribution in [3.63, 3.8) is 0 Å². The molecule has 3 aromatic carbocycles. The van der Waals surface area contributed by atoms with Crippen LogP contribution in [0.5, 0.6) is 5.75 Å². The number of aliphatic carboxylic acids is 6. The summed E-state index contributed by atoms with van der Waals surface area (Å²) in [6.07, 6.45) is -4.98. The molecule has 7 rings (SSSR count). The Morgan fingerprint density at radius 2 is 0.839 bits per heavy atom. The molecule has 4 aromatic rings. The van der Waals surface area contributed by atoms with Crippen molar-refractivity contribution in [2.45, 2.75) is 258 Å². The highest BCUT2D eigenvalue weighted by Gasteiger charge is 2.46. The first kappa shape index (κ1) is 120. The van der Waals surface area contributed by atoms with Gasteiger partial charge in [-0.15, -0.1) is 0 Å². The average Bonchev–Trinajstić information content (AvgIpc) is 1.66. The topological polar surface area (TPSA) is 842 Å². The molecule has 3 fully saturated rings. The van der Waals surface area contributed by atoms with Crippen LogP contribution in [-0.4, -0.2) is 345 Å². The van der Waals surface area contributed by atoms with E-state index in [4.69, 9.17) is 16.9 Å². The van der Waals surface area contributed by atoms with Crippen LogP contribution in [-0.2, 0) is 134 Å². The summed E-state index contributed by atoms with van der Waals surface area (Å²) in [7, 11) is 0. The molecule has 149 heavy (non-hydrogen) atoms. The number of hydrogen-bond donors (Lipinski definition) is 27. The quantitative estimate of drug-likeness (QED) is 0.0111. The van der Waals surface area contributed by atoms with Crippen molar-refractivity contribution in [3.05, 3.63) is 102 Å². The number of carboxylic acids is 6. The highest BCUT2D eigenvalue weighted by molar-refractivity contribution is 7.98. The number of primary amides is 1. The molecule has 18 amide bonds. The van der Waals surface area contributed by atoms with Crippen molar-refractivity contribution in [1.82, 2.24) is 99.9 Å². The lowest BCUT2D eigenvalue weighted by Crippen LogP contribution is -2.60. The number of phenols is 1. The van der Waals surface area contributed by atoms with E-state index in [0.29, 0.717) is 28.5 Å². The van der Waals surface area contributed by atoms with Gasteiger partial charge in [-0.25, -0.2) is 0 Å². The van der Waals surface area contributed by atoms with E-state index >= 15 is 0 Å². The van der Waals surface area contributed by atoms with E-state index in [0.717, 1.165) is 6.92 Å². The summed E-state index contributed by atoms with van der Waals surface area (Å²) in [6, 6.07) is -5.92. The number of nitrogens with zero attached hydrogens (tertiary/aromatic N) is 2. The number of carbonyl (C=O) groups is 24. The Bertz CT molecular complexity index is 5510. The number of carbonyl (C=O) groups excluding carboxylic acids is 18. The van der Waals surface area contributed by atoms with E-state index in [2.05, 4.69) is 90.1 Å². The summed E-state index contributed by atoms with van der Waals surface area (Å²) in [5.41, 5.74) is 13.0. The molecule has 1 aromatic heterocycles. The van der Waals surface area contributed by atoms with E-state index in [1.54, 1.807) is 73.3 Å². The number of nitrogens with one attached hydrogen (secondary N) is 18. The molecule has 0 saturated carbocycles. The van der Waals surface area contributed by atoms with Crippen LogP contribution in [0, 0.1) is 5.41 Å². The monoisotopic (exact) mass is 2120 g/mol. The Labute approximate surface area is 861 Å². The smallest absolute Gasteiger partial charge is 0.305 e. The zero-order valence-electron chi connectivity index (χ0n) is 81.8. The Hall–Kier alpha value is -15.7. The molecule has 3 aliphatic heterocycles. The van der Waals surface area contributed by atoms with Crippen LogP contribution >= 0.6 is 23.5 Å². The fourth-order valence-electron chi connectivity index (χ4n) is 16.5. The molecule has 53 nitrogen and oxygen atoms in total. The summed E-state index contributed by atoms with van der Waals surface area (Å²) >= 11 is 2.45. The SMILES string of the molecule is CSCCC(NC(=O)C(Cc1c[nH]c2ccccc12)NC(=O)CNC(=O)C(Cc1ccc(O)cc1)NC(=O)C(C)NC(=O)C(CCC(=O)O)NC(=O)C(CCC(=O)O)NC(=O)C(CCC(=O)O)NC(=O)C(CCC(=O)O)NC(=O)C(CCC(=O)O)NC(=O)C(CCSC)NC(=O)C1CCCN1C(=O)C1CCCN1C(=O)C(CCCNC(=N)N)NC(=O)C1CCC(=O)N1)C(=O)NC(CC(=O)O)C(=O)NC(Cc1ccccc1)C(N)=O. The van der Waals surface area contributed by atoms with Crippen LogP contribution in [0.15, 0.2) is 85.1 Å². The molecule has 3 aliphatic rings. The van der Waals surface area contributed by atoms with Gasteiger partial charge in [0.2, 0.25) is 106 Å². The zero-order valence-corrected chi connectivity index (χ0v) is 83.5. The van der Waals surface area contributed by atoms with Crippen LogP contribution in [0.4, 0.5) is 0 Å². The summed E-state index contributed by atoms with van der Waals surface area (Å²) < 4.78 is 0. The fourth-order valence-corrected chi connectivity index (χ4v) is 17.4. The van der Waals surface area contributed by atoms with E-state index in [9.17, 15) is 151 Å². The minimum absolute atomic E-state index is 0.00805. The number of phenolic OH excluding ortho intramolecular Hbond substituents is 1. The number of aromatic hydroxyl groups is 1. The van der Waals surface area contributed by atoms with Gasteiger partial charge < -0.3 is 147 Å². The number of para-hydroxylation sites is 1. The van der Waals surface area contributed by atoms with Gasteiger partial charge in [0.1, 0.15) is 102 Å². The van der Waals surface area contributed by atoms with Gasteiger partial charge in [0.25, 0.3) is 0 Å². The van der Waals surface area contributed by atoms with Crippen LogP contribution in [0.1, 0.15) is 158 Å². The molecule has 16 atom stereocenters. The minimum Gasteiger partial charge on any atom is -0.508 e. The number of thioether (sulfide) groups is 2. The van der Waals surface area contributed by atoms with Crippen LogP contribution in [0.2, 0.25) is 0 Å². The lowest BCUT2D eigenvalue weighted by Gasteiger charge is -2.33.